The van der Waals surface area contributed by atoms with Gasteiger partial charge in [0.1, 0.15) is 0 Å². The van der Waals surface area contributed by atoms with Crippen molar-refractivity contribution >= 4 is 12.0 Å². The number of carbonyl (C=O) groups is 1. The Balaban J connectivity index is 2.56. The molecule has 0 unspecified atom stereocenters. The van der Waals surface area contributed by atoms with Gasteiger partial charge in [-0.15, -0.1) is 0 Å². The molecule has 0 fully saturated rings. The van der Waals surface area contributed by atoms with Gasteiger partial charge in [0.2, 0.25) is 0 Å². The summed E-state index contributed by atoms with van der Waals surface area (Å²) in [5, 5.41) is 0. The van der Waals surface area contributed by atoms with Crippen LogP contribution >= 0.6 is 0 Å². The molecular formula is C15H20O2. The first-order valence-corrected chi connectivity index (χ1v) is 6.13. The van der Waals surface area contributed by atoms with Crippen molar-refractivity contribution in [1.82, 2.24) is 0 Å². The summed E-state index contributed by atoms with van der Waals surface area (Å²) >= 11 is 0. The van der Waals surface area contributed by atoms with Crippen LogP contribution in [0.3, 0.4) is 0 Å². The van der Waals surface area contributed by atoms with Crippen LogP contribution in [0.4, 0.5) is 0 Å². The van der Waals surface area contributed by atoms with Gasteiger partial charge >= 0.3 is 5.97 Å². The second-order valence-corrected chi connectivity index (χ2v) is 4.02. The topological polar surface area (TPSA) is 26.3 Å². The minimum Gasteiger partial charge on any atom is -0.465 e. The second kappa shape index (κ2) is 7.66. The first-order chi connectivity index (χ1) is 8.27. The van der Waals surface area contributed by atoms with Gasteiger partial charge in [-0.05, 0) is 30.5 Å². The summed E-state index contributed by atoms with van der Waals surface area (Å²) in [7, 11) is 1.40. The molecule has 1 aromatic rings. The Hall–Kier alpha value is -1.57. The number of unbranched alkanes of at least 4 members (excludes halogenated alkanes) is 3. The molecule has 0 amide bonds. The van der Waals surface area contributed by atoms with Crippen molar-refractivity contribution in [2.75, 3.05) is 7.11 Å². The van der Waals surface area contributed by atoms with Crippen molar-refractivity contribution in [3.8, 4) is 0 Å². The molecule has 2 nitrogen and oxygen atoms in total. The summed E-state index contributed by atoms with van der Waals surface area (Å²) in [6.45, 7) is 2.20. The van der Waals surface area contributed by atoms with E-state index in [-0.39, 0.29) is 5.97 Å². The van der Waals surface area contributed by atoms with Crippen LogP contribution in [-0.4, -0.2) is 13.1 Å². The Bertz CT molecular complexity index is 380. The monoisotopic (exact) mass is 232 g/mol. The lowest BCUT2D eigenvalue weighted by molar-refractivity contribution is 0.0600. The predicted molar refractivity (Wildman–Crippen MR) is 71.0 cm³/mol. The zero-order valence-electron chi connectivity index (χ0n) is 10.6. The van der Waals surface area contributed by atoms with E-state index in [9.17, 15) is 4.79 Å². The highest BCUT2D eigenvalue weighted by atomic mass is 16.5. The average Bonchev–Trinajstić information content (AvgIpc) is 2.38. The van der Waals surface area contributed by atoms with E-state index in [1.807, 2.05) is 18.2 Å². The molecule has 0 aliphatic carbocycles. The van der Waals surface area contributed by atoms with Gasteiger partial charge in [0.25, 0.3) is 0 Å². The number of hydrogen-bond acceptors (Lipinski definition) is 2. The van der Waals surface area contributed by atoms with Crippen molar-refractivity contribution in [2.45, 2.75) is 32.6 Å². The maximum atomic E-state index is 11.3. The summed E-state index contributed by atoms with van der Waals surface area (Å²) < 4.78 is 4.69. The molecule has 0 aromatic heterocycles. The molecule has 0 bridgehead atoms. The predicted octanol–water partition coefficient (Wildman–Crippen LogP) is 4.07. The third-order valence-corrected chi connectivity index (χ3v) is 2.59. The van der Waals surface area contributed by atoms with Gasteiger partial charge in [0.05, 0.1) is 12.7 Å². The molecule has 1 rings (SSSR count). The average molecular weight is 232 g/mol. The molecule has 2 heteroatoms. The Morgan fingerprint density at radius 3 is 2.88 bits per heavy atom. The van der Waals surface area contributed by atoms with Gasteiger partial charge in [-0.3, -0.25) is 0 Å². The summed E-state index contributed by atoms with van der Waals surface area (Å²) in [5.41, 5.74) is 1.65. The molecule has 0 spiro atoms. The Kier molecular flexibility index (Phi) is 6.08. The largest absolute Gasteiger partial charge is 0.465 e. The van der Waals surface area contributed by atoms with Crippen LogP contribution in [0, 0.1) is 0 Å². The number of rotatable bonds is 6. The zero-order chi connectivity index (χ0) is 12.5. The van der Waals surface area contributed by atoms with Gasteiger partial charge < -0.3 is 4.74 Å². The van der Waals surface area contributed by atoms with Crippen molar-refractivity contribution in [3.63, 3.8) is 0 Å². The van der Waals surface area contributed by atoms with Crippen molar-refractivity contribution in [2.24, 2.45) is 0 Å². The van der Waals surface area contributed by atoms with E-state index < -0.39 is 0 Å². The minimum absolute atomic E-state index is 0.286. The van der Waals surface area contributed by atoms with Gasteiger partial charge in [-0.25, -0.2) is 4.79 Å². The van der Waals surface area contributed by atoms with Gasteiger partial charge in [-0.1, -0.05) is 44.1 Å². The Labute approximate surface area is 103 Å². The molecular weight excluding hydrogens is 212 g/mol. The molecule has 0 aliphatic rings. The lowest BCUT2D eigenvalue weighted by Crippen LogP contribution is -2.00. The minimum atomic E-state index is -0.286. The molecule has 0 radical (unpaired) electrons. The van der Waals surface area contributed by atoms with E-state index in [1.54, 1.807) is 6.07 Å². The molecule has 0 atom stereocenters. The Morgan fingerprint density at radius 1 is 1.35 bits per heavy atom. The Morgan fingerprint density at radius 2 is 2.18 bits per heavy atom. The highest BCUT2D eigenvalue weighted by Gasteiger charge is 2.03. The first kappa shape index (κ1) is 13.5. The summed E-state index contributed by atoms with van der Waals surface area (Å²) in [5.74, 6) is -0.286. The number of allylic oxidation sites excluding steroid dienone is 1. The molecule has 0 saturated carbocycles. The van der Waals surface area contributed by atoms with Crippen LogP contribution in [0.2, 0.25) is 0 Å². The standard InChI is InChI=1S/C15H20O2/c1-3-4-5-6-7-9-13-10-8-11-14(12-13)15(16)17-2/h7-12H,3-6H2,1-2H3/b9-7+. The van der Waals surface area contributed by atoms with Crippen molar-refractivity contribution < 1.29 is 9.53 Å². The SMILES string of the molecule is CCCCC/C=C/c1cccc(C(=O)OC)c1. The fraction of sp³-hybridized carbons (Fsp3) is 0.400. The molecule has 17 heavy (non-hydrogen) atoms. The highest BCUT2D eigenvalue weighted by molar-refractivity contribution is 5.89. The van der Waals surface area contributed by atoms with Gasteiger partial charge in [0.15, 0.2) is 0 Å². The maximum absolute atomic E-state index is 11.3. The fourth-order valence-corrected chi connectivity index (χ4v) is 1.62. The molecule has 1 aromatic carbocycles. The van der Waals surface area contributed by atoms with Gasteiger partial charge in [0, 0.05) is 0 Å². The number of methoxy groups -OCH3 is 1. The fourth-order valence-electron chi connectivity index (χ4n) is 1.62. The highest BCUT2D eigenvalue weighted by Crippen LogP contribution is 2.09. The van der Waals surface area contributed by atoms with E-state index in [0.29, 0.717) is 5.56 Å². The zero-order valence-corrected chi connectivity index (χ0v) is 10.6. The quantitative estimate of drug-likeness (QED) is 0.546. The van der Waals surface area contributed by atoms with Crippen LogP contribution in [0.15, 0.2) is 30.3 Å². The molecule has 0 aliphatic heterocycles. The van der Waals surface area contributed by atoms with E-state index >= 15 is 0 Å². The number of benzene rings is 1. The maximum Gasteiger partial charge on any atom is 0.337 e. The lowest BCUT2D eigenvalue weighted by Gasteiger charge is -2.00. The van der Waals surface area contributed by atoms with Crippen LogP contribution in [0.1, 0.15) is 48.5 Å². The van der Waals surface area contributed by atoms with E-state index in [2.05, 4.69) is 23.8 Å². The summed E-state index contributed by atoms with van der Waals surface area (Å²) in [6.07, 6.45) is 9.05. The third kappa shape index (κ3) is 4.85. The smallest absolute Gasteiger partial charge is 0.337 e. The first-order valence-electron chi connectivity index (χ1n) is 6.13. The number of carbonyl (C=O) groups excluding carboxylic acids is 1. The van der Waals surface area contributed by atoms with Crippen molar-refractivity contribution in [1.29, 1.82) is 0 Å². The normalized spacial score (nSPS) is 10.7. The second-order valence-electron chi connectivity index (χ2n) is 4.02. The lowest BCUT2D eigenvalue weighted by atomic mass is 10.1. The van der Waals surface area contributed by atoms with E-state index in [0.717, 1.165) is 12.0 Å². The van der Waals surface area contributed by atoms with E-state index in [1.165, 1.54) is 26.4 Å². The van der Waals surface area contributed by atoms with Crippen LogP contribution < -0.4 is 0 Å². The van der Waals surface area contributed by atoms with Crippen LogP contribution in [0.5, 0.6) is 0 Å². The number of esters is 1. The molecule has 0 heterocycles. The summed E-state index contributed by atoms with van der Waals surface area (Å²) in [4.78, 5) is 11.3. The number of hydrogen-bond donors (Lipinski definition) is 0. The van der Waals surface area contributed by atoms with Crippen molar-refractivity contribution in [3.05, 3.63) is 41.5 Å². The van der Waals surface area contributed by atoms with Crippen LogP contribution in [-0.2, 0) is 4.74 Å². The van der Waals surface area contributed by atoms with E-state index in [4.69, 9.17) is 0 Å². The van der Waals surface area contributed by atoms with Crippen LogP contribution in [0.25, 0.3) is 6.08 Å². The summed E-state index contributed by atoms with van der Waals surface area (Å²) in [6, 6.07) is 7.48. The molecule has 92 valence electrons. The van der Waals surface area contributed by atoms with Gasteiger partial charge in [-0.2, -0.15) is 0 Å². The molecule has 0 saturated heterocycles. The molecule has 0 N–H and O–H groups in total. The number of ether oxygens (including phenoxy) is 1. The third-order valence-electron chi connectivity index (χ3n) is 2.59.